The molecule has 0 saturated carbocycles. The highest BCUT2D eigenvalue weighted by Gasteiger charge is 2.37. The van der Waals surface area contributed by atoms with E-state index >= 15 is 0 Å². The van der Waals surface area contributed by atoms with Crippen LogP contribution in [0.2, 0.25) is 0 Å². The number of piperidine rings is 1. The Balaban J connectivity index is 1.66. The predicted octanol–water partition coefficient (Wildman–Crippen LogP) is 7.14. The van der Waals surface area contributed by atoms with Gasteiger partial charge in [-0.15, -0.1) is 6.58 Å². The van der Waals surface area contributed by atoms with Gasteiger partial charge in [0, 0.05) is 36.0 Å². The van der Waals surface area contributed by atoms with Gasteiger partial charge in [-0.1, -0.05) is 24.3 Å². The van der Waals surface area contributed by atoms with Gasteiger partial charge in [0.2, 0.25) is 0 Å². The van der Waals surface area contributed by atoms with Gasteiger partial charge in [0.25, 0.3) is 0 Å². The van der Waals surface area contributed by atoms with Crippen LogP contribution in [-0.2, 0) is 19.0 Å². The van der Waals surface area contributed by atoms with Crippen molar-refractivity contribution in [2.45, 2.75) is 64.8 Å². The number of aryl methyl sites for hydroxylation is 1. The van der Waals surface area contributed by atoms with Crippen LogP contribution in [0, 0.1) is 18.3 Å². The van der Waals surface area contributed by atoms with Crippen molar-refractivity contribution >= 4 is 17.2 Å². The minimum absolute atomic E-state index is 0.0931. The van der Waals surface area contributed by atoms with E-state index < -0.39 is 17.7 Å². The molecule has 1 aliphatic heterocycles. The highest BCUT2D eigenvalue weighted by atomic mass is 16.6. The summed E-state index contributed by atoms with van der Waals surface area (Å²) in [6, 6.07) is 16.7. The zero-order chi connectivity index (χ0) is 33.2. The number of carbonyl (C=O) groups excluding carboxylic acids is 1. The molecule has 3 heterocycles. The summed E-state index contributed by atoms with van der Waals surface area (Å²) in [6.45, 7) is 15.6. The average Bonchev–Trinajstić information content (AvgIpc) is 3.46. The maximum absolute atomic E-state index is 13.3. The molecule has 2 aromatic carbocycles. The summed E-state index contributed by atoms with van der Waals surface area (Å²) >= 11 is 0. The number of nitrogens with zero attached hydrogens (tertiary/aromatic N) is 4. The average molecular weight is 623 g/mol. The fourth-order valence-electron chi connectivity index (χ4n) is 6.03. The molecule has 0 radical (unpaired) electrons. The number of phenols is 1. The molecular formula is C37H42N4O5. The van der Waals surface area contributed by atoms with E-state index in [0.29, 0.717) is 30.8 Å². The summed E-state index contributed by atoms with van der Waals surface area (Å²) in [5.74, 6) is -0.373. The Bertz CT molecular complexity index is 1800. The number of esters is 1. The number of rotatable bonds is 9. The van der Waals surface area contributed by atoms with E-state index in [1.54, 1.807) is 18.2 Å². The molecule has 5 rings (SSSR count). The largest absolute Gasteiger partial charge is 0.507 e. The fraction of sp³-hybridized carbons (Fsp3) is 0.378. The number of phenolic OH excluding ortho intramolecular Hbond substituents is 1. The van der Waals surface area contributed by atoms with Crippen LogP contribution in [0.3, 0.4) is 0 Å². The lowest BCUT2D eigenvalue weighted by molar-refractivity contribution is -0.164. The number of pyridine rings is 1. The third-order valence-electron chi connectivity index (χ3n) is 8.41. The molecule has 1 unspecified atom stereocenters. The Morgan fingerprint density at radius 2 is 1.89 bits per heavy atom. The summed E-state index contributed by atoms with van der Waals surface area (Å²) in [6.07, 6.45) is 4.32. The molecule has 4 aromatic rings. The second-order valence-corrected chi connectivity index (χ2v) is 13.0. The first-order chi connectivity index (χ1) is 21.9. The molecule has 2 aromatic heterocycles. The summed E-state index contributed by atoms with van der Waals surface area (Å²) in [4.78, 5) is 15.6. The van der Waals surface area contributed by atoms with Gasteiger partial charge in [-0.05, 0) is 88.9 Å². The van der Waals surface area contributed by atoms with E-state index in [2.05, 4.69) is 24.5 Å². The van der Waals surface area contributed by atoms with E-state index in [0.717, 1.165) is 52.0 Å². The minimum atomic E-state index is -0.951. The molecule has 46 heavy (non-hydrogen) atoms. The molecule has 1 N–H and O–H groups in total. The van der Waals surface area contributed by atoms with Gasteiger partial charge >= 0.3 is 5.97 Å². The first-order valence-corrected chi connectivity index (χ1v) is 15.5. The second kappa shape index (κ2) is 13.0. The number of benzene rings is 2. The topological polar surface area (TPSA) is 109 Å². The third kappa shape index (κ3) is 6.79. The lowest BCUT2D eigenvalue weighted by Gasteiger charge is -2.41. The molecule has 0 spiro atoms. The molecule has 240 valence electrons. The van der Waals surface area contributed by atoms with Crippen molar-refractivity contribution in [2.75, 3.05) is 31.7 Å². The third-order valence-corrected chi connectivity index (χ3v) is 8.41. The molecule has 0 aliphatic carbocycles. The number of carbonyl (C=O) groups is 1. The molecule has 1 aliphatic rings. The molecule has 9 heteroatoms. The molecular weight excluding hydrogens is 580 g/mol. The van der Waals surface area contributed by atoms with Crippen LogP contribution in [0.15, 0.2) is 67.4 Å². The zero-order valence-electron chi connectivity index (χ0n) is 27.5. The maximum Gasteiger partial charge on any atom is 0.339 e. The van der Waals surface area contributed by atoms with Crippen LogP contribution in [-0.4, -0.2) is 58.7 Å². The van der Waals surface area contributed by atoms with E-state index in [1.165, 1.54) is 13.2 Å². The number of fused-ring (bicyclic) bond motifs is 1. The number of nitriles is 1. The molecule has 1 fully saturated rings. The van der Waals surface area contributed by atoms with Crippen molar-refractivity contribution < 1.29 is 24.1 Å². The van der Waals surface area contributed by atoms with Crippen molar-refractivity contribution in [3.8, 4) is 34.2 Å². The highest BCUT2D eigenvalue weighted by Crippen LogP contribution is 2.42. The van der Waals surface area contributed by atoms with E-state index in [4.69, 9.17) is 19.3 Å². The van der Waals surface area contributed by atoms with E-state index in [9.17, 15) is 15.2 Å². The second-order valence-electron chi connectivity index (χ2n) is 13.0. The van der Waals surface area contributed by atoms with Crippen LogP contribution < -0.4 is 4.90 Å². The molecule has 1 saturated heterocycles. The van der Waals surface area contributed by atoms with Gasteiger partial charge < -0.3 is 24.2 Å². The van der Waals surface area contributed by atoms with Crippen molar-refractivity contribution in [1.29, 1.82) is 5.26 Å². The fourth-order valence-corrected chi connectivity index (χ4v) is 6.03. The van der Waals surface area contributed by atoms with Gasteiger partial charge in [0.15, 0.2) is 6.10 Å². The lowest BCUT2D eigenvalue weighted by atomic mass is 9.91. The van der Waals surface area contributed by atoms with Gasteiger partial charge in [0.05, 0.1) is 53.4 Å². The van der Waals surface area contributed by atoms with Gasteiger partial charge in [-0.2, -0.15) is 10.4 Å². The number of aromatic hydroxyl groups is 1. The summed E-state index contributed by atoms with van der Waals surface area (Å²) in [5, 5.41) is 25.0. The molecule has 0 bridgehead atoms. The Hall–Kier alpha value is -4.65. The van der Waals surface area contributed by atoms with Crippen molar-refractivity contribution in [3.63, 3.8) is 0 Å². The number of aromatic nitrogens is 2. The molecule has 9 nitrogen and oxygen atoms in total. The van der Waals surface area contributed by atoms with Crippen LogP contribution in [0.5, 0.6) is 5.75 Å². The minimum Gasteiger partial charge on any atom is -0.507 e. The summed E-state index contributed by atoms with van der Waals surface area (Å²) in [5.41, 5.74) is 5.76. The summed E-state index contributed by atoms with van der Waals surface area (Å²) in [7, 11) is 1.38. The first kappa shape index (κ1) is 32.7. The van der Waals surface area contributed by atoms with Crippen LogP contribution in [0.25, 0.3) is 27.9 Å². The number of hydrogen-bond acceptors (Lipinski definition) is 8. The Morgan fingerprint density at radius 3 is 2.54 bits per heavy atom. The standard InChI is InChI=1S/C37H42N4O5/c1-8-18-45-37(6)14-16-40(17-15-37)33-30-21-29(27-11-9-10-26(20-27)28-19-25(22-38)12-13-31(28)42)39-41(30)23-24(2)32(33)34(35(43)44-7)46-36(3,4)5/h8-13,19-21,23,34,42H,1,14-18H2,2-7H3. The van der Waals surface area contributed by atoms with Gasteiger partial charge in [-0.3, -0.25) is 0 Å². The maximum atomic E-state index is 13.3. The Morgan fingerprint density at radius 1 is 1.17 bits per heavy atom. The monoisotopic (exact) mass is 622 g/mol. The van der Waals surface area contributed by atoms with Crippen LogP contribution in [0.1, 0.15) is 63.3 Å². The predicted molar refractivity (Wildman–Crippen MR) is 179 cm³/mol. The van der Waals surface area contributed by atoms with Gasteiger partial charge in [0.1, 0.15) is 5.75 Å². The quantitative estimate of drug-likeness (QED) is 0.155. The van der Waals surface area contributed by atoms with Gasteiger partial charge in [-0.25, -0.2) is 9.31 Å². The lowest BCUT2D eigenvalue weighted by Crippen LogP contribution is -2.45. The van der Waals surface area contributed by atoms with Crippen LogP contribution >= 0.6 is 0 Å². The Kier molecular flexibility index (Phi) is 9.24. The van der Waals surface area contributed by atoms with E-state index in [1.807, 2.05) is 68.7 Å². The SMILES string of the molecule is C=CCOC1(C)CCN(c2c(C(OC(C)(C)C)C(=O)OC)c(C)cn3nc(-c4cccc(-c5cc(C#N)ccc5O)c4)cc23)CC1. The normalized spacial score (nSPS) is 15.4. The summed E-state index contributed by atoms with van der Waals surface area (Å²) < 4.78 is 19.7. The first-order valence-electron chi connectivity index (χ1n) is 15.5. The smallest absolute Gasteiger partial charge is 0.339 e. The number of ether oxygens (including phenoxy) is 3. The molecule has 1 atom stereocenters. The number of anilines is 1. The van der Waals surface area contributed by atoms with Crippen molar-refractivity contribution in [3.05, 3.63) is 84.1 Å². The van der Waals surface area contributed by atoms with E-state index in [-0.39, 0.29) is 11.4 Å². The Labute approximate surface area is 270 Å². The molecule has 0 amide bonds. The van der Waals surface area contributed by atoms with Crippen molar-refractivity contribution in [1.82, 2.24) is 9.61 Å². The van der Waals surface area contributed by atoms with Crippen LogP contribution in [0.4, 0.5) is 5.69 Å². The number of methoxy groups -OCH3 is 1. The van der Waals surface area contributed by atoms with Crippen molar-refractivity contribution in [2.24, 2.45) is 0 Å². The number of hydrogen-bond donors (Lipinski definition) is 1. The zero-order valence-corrected chi connectivity index (χ0v) is 27.5. The highest BCUT2D eigenvalue weighted by molar-refractivity contribution is 5.88.